The molecule has 0 aliphatic heterocycles. The van der Waals surface area contributed by atoms with Crippen LogP contribution < -0.4 is 10.2 Å². The molecule has 92 valence electrons. The van der Waals surface area contributed by atoms with E-state index in [1.165, 1.54) is 0 Å². The second-order valence-corrected chi connectivity index (χ2v) is 4.45. The zero-order chi connectivity index (χ0) is 12.7. The molecule has 0 fully saturated rings. The summed E-state index contributed by atoms with van der Waals surface area (Å²) < 4.78 is 0. The van der Waals surface area contributed by atoms with E-state index in [0.717, 1.165) is 24.6 Å². The van der Waals surface area contributed by atoms with Gasteiger partial charge in [-0.1, -0.05) is 19.8 Å². The average Bonchev–Trinajstić information content (AvgIpc) is 2.30. The maximum absolute atomic E-state index is 5.24. The van der Waals surface area contributed by atoms with Crippen LogP contribution in [0.3, 0.4) is 0 Å². The summed E-state index contributed by atoms with van der Waals surface area (Å²) in [5.74, 6) is 4.02. The zero-order valence-corrected chi connectivity index (χ0v) is 10.8. The first-order valence-corrected chi connectivity index (χ1v) is 5.79. The van der Waals surface area contributed by atoms with E-state index < -0.39 is 0 Å². The van der Waals surface area contributed by atoms with Crippen molar-refractivity contribution in [1.29, 1.82) is 0 Å². The van der Waals surface area contributed by atoms with Gasteiger partial charge in [0.15, 0.2) is 0 Å². The molecule has 1 heterocycles. The molecule has 0 saturated heterocycles. The van der Waals surface area contributed by atoms with Crippen LogP contribution in [0.25, 0.3) is 0 Å². The number of nitrogens with zero attached hydrogens (tertiary/aromatic N) is 3. The summed E-state index contributed by atoms with van der Waals surface area (Å²) in [6.45, 7) is 6.64. The van der Waals surface area contributed by atoms with Crippen LogP contribution in [0.5, 0.6) is 0 Å². The van der Waals surface area contributed by atoms with Gasteiger partial charge < -0.3 is 10.2 Å². The van der Waals surface area contributed by atoms with Gasteiger partial charge in [0.2, 0.25) is 0 Å². The van der Waals surface area contributed by atoms with Gasteiger partial charge in [-0.15, -0.1) is 6.42 Å². The lowest BCUT2D eigenvalue weighted by molar-refractivity contribution is 0.547. The van der Waals surface area contributed by atoms with Crippen LogP contribution in [0, 0.1) is 18.3 Å². The molecule has 4 heteroatoms. The molecule has 4 nitrogen and oxygen atoms in total. The van der Waals surface area contributed by atoms with Crippen LogP contribution >= 0.6 is 0 Å². The largest absolute Gasteiger partial charge is 0.347 e. The Morgan fingerprint density at radius 2 is 2.18 bits per heavy atom. The van der Waals surface area contributed by atoms with Crippen molar-refractivity contribution in [2.45, 2.75) is 20.4 Å². The lowest BCUT2D eigenvalue weighted by Crippen LogP contribution is -2.21. The molecule has 0 atom stereocenters. The molecular weight excluding hydrogens is 212 g/mol. The fourth-order valence-electron chi connectivity index (χ4n) is 1.34. The Balaban J connectivity index is 2.48. The normalized spacial score (nSPS) is 10.3. The van der Waals surface area contributed by atoms with Crippen molar-refractivity contribution in [3.8, 4) is 12.3 Å². The fourth-order valence-corrected chi connectivity index (χ4v) is 1.34. The summed E-state index contributed by atoms with van der Waals surface area (Å²) >= 11 is 0. The van der Waals surface area contributed by atoms with E-state index in [9.17, 15) is 0 Å². The third kappa shape index (κ3) is 4.83. The molecule has 0 aliphatic carbocycles. The number of terminal acetylenes is 1. The maximum atomic E-state index is 5.24. The van der Waals surface area contributed by atoms with Crippen molar-refractivity contribution < 1.29 is 0 Å². The van der Waals surface area contributed by atoms with Crippen molar-refractivity contribution in [2.75, 3.05) is 25.0 Å². The quantitative estimate of drug-likeness (QED) is 0.750. The molecule has 1 aromatic rings. The van der Waals surface area contributed by atoms with Gasteiger partial charge in [-0.25, -0.2) is 4.98 Å². The van der Waals surface area contributed by atoms with E-state index in [1.54, 1.807) is 12.4 Å². The molecule has 0 amide bonds. The summed E-state index contributed by atoms with van der Waals surface area (Å²) in [6.07, 6.45) is 8.78. The van der Waals surface area contributed by atoms with Gasteiger partial charge in [0.25, 0.3) is 0 Å². The predicted molar refractivity (Wildman–Crippen MR) is 70.7 cm³/mol. The maximum Gasteiger partial charge on any atom is 0.147 e. The van der Waals surface area contributed by atoms with Crippen molar-refractivity contribution in [3.63, 3.8) is 0 Å². The molecule has 1 N–H and O–H groups in total. The third-order valence-electron chi connectivity index (χ3n) is 2.27. The number of nitrogens with one attached hydrogen (secondary N) is 1. The minimum Gasteiger partial charge on any atom is -0.347 e. The van der Waals surface area contributed by atoms with Crippen LogP contribution in [0.2, 0.25) is 0 Å². The summed E-state index contributed by atoms with van der Waals surface area (Å²) in [4.78, 5) is 10.6. The highest BCUT2D eigenvalue weighted by atomic mass is 15.2. The highest BCUT2D eigenvalue weighted by Gasteiger charge is 2.02. The monoisotopic (exact) mass is 232 g/mol. The number of anilines is 1. The standard InChI is InChI=1S/C13H20N4/c1-5-6-17(4)13-10-15-12(9-16-13)8-14-7-11(2)3/h1,9-11,14H,6-8H2,2-4H3. The topological polar surface area (TPSA) is 41.1 Å². The van der Waals surface area contributed by atoms with E-state index in [4.69, 9.17) is 6.42 Å². The molecule has 0 saturated carbocycles. The molecule has 0 unspecified atom stereocenters. The molecule has 0 aliphatic rings. The van der Waals surface area contributed by atoms with Gasteiger partial charge in [0, 0.05) is 13.6 Å². The Bertz CT molecular complexity index is 364. The van der Waals surface area contributed by atoms with Crippen molar-refractivity contribution in [2.24, 2.45) is 5.92 Å². The molecule has 1 rings (SSSR count). The van der Waals surface area contributed by atoms with E-state index in [0.29, 0.717) is 12.5 Å². The Kier molecular flexibility index (Phi) is 5.44. The van der Waals surface area contributed by atoms with Crippen LogP contribution in [-0.4, -0.2) is 30.1 Å². The van der Waals surface area contributed by atoms with Gasteiger partial charge in [-0.2, -0.15) is 0 Å². The molecule has 0 bridgehead atoms. The smallest absolute Gasteiger partial charge is 0.147 e. The molecular formula is C13H20N4. The first-order chi connectivity index (χ1) is 8.13. The summed E-state index contributed by atoms with van der Waals surface area (Å²) in [7, 11) is 1.90. The summed E-state index contributed by atoms with van der Waals surface area (Å²) in [6, 6.07) is 0. The number of hydrogen-bond donors (Lipinski definition) is 1. The van der Waals surface area contributed by atoms with E-state index in [2.05, 4.69) is 35.1 Å². The van der Waals surface area contributed by atoms with Crippen LogP contribution in [0.1, 0.15) is 19.5 Å². The lowest BCUT2D eigenvalue weighted by atomic mass is 10.2. The van der Waals surface area contributed by atoms with Gasteiger partial charge in [0.1, 0.15) is 5.82 Å². The lowest BCUT2D eigenvalue weighted by Gasteiger charge is -2.14. The second kappa shape index (κ2) is 6.87. The number of rotatable bonds is 6. The van der Waals surface area contributed by atoms with Crippen LogP contribution in [0.4, 0.5) is 5.82 Å². The highest BCUT2D eigenvalue weighted by molar-refractivity contribution is 5.36. The predicted octanol–water partition coefficient (Wildman–Crippen LogP) is 1.29. The molecule has 0 radical (unpaired) electrons. The Hall–Kier alpha value is -1.60. The molecule has 17 heavy (non-hydrogen) atoms. The minimum atomic E-state index is 0.541. The number of hydrogen-bond acceptors (Lipinski definition) is 4. The third-order valence-corrected chi connectivity index (χ3v) is 2.27. The van der Waals surface area contributed by atoms with Gasteiger partial charge in [-0.3, -0.25) is 4.98 Å². The average molecular weight is 232 g/mol. The van der Waals surface area contributed by atoms with Crippen molar-refractivity contribution >= 4 is 5.82 Å². The van der Waals surface area contributed by atoms with Gasteiger partial charge >= 0.3 is 0 Å². The first-order valence-electron chi connectivity index (χ1n) is 5.79. The van der Waals surface area contributed by atoms with E-state index >= 15 is 0 Å². The van der Waals surface area contributed by atoms with Gasteiger partial charge in [-0.05, 0) is 12.5 Å². The first kappa shape index (κ1) is 13.5. The Labute approximate surface area is 103 Å². The van der Waals surface area contributed by atoms with E-state index in [1.807, 2.05) is 11.9 Å². The Morgan fingerprint density at radius 1 is 1.41 bits per heavy atom. The molecule has 0 aromatic carbocycles. The van der Waals surface area contributed by atoms with Crippen LogP contribution in [-0.2, 0) is 6.54 Å². The molecule has 0 spiro atoms. The minimum absolute atomic E-state index is 0.541. The Morgan fingerprint density at radius 3 is 2.71 bits per heavy atom. The number of aromatic nitrogens is 2. The van der Waals surface area contributed by atoms with Crippen LogP contribution in [0.15, 0.2) is 12.4 Å². The highest BCUT2D eigenvalue weighted by Crippen LogP contribution is 2.05. The molecule has 1 aromatic heterocycles. The SMILES string of the molecule is C#CCN(C)c1cnc(CNCC(C)C)cn1. The fraction of sp³-hybridized carbons (Fsp3) is 0.538. The summed E-state index contributed by atoms with van der Waals surface area (Å²) in [5, 5.41) is 3.33. The van der Waals surface area contributed by atoms with Crippen molar-refractivity contribution in [3.05, 3.63) is 18.1 Å². The summed E-state index contributed by atoms with van der Waals surface area (Å²) in [5.41, 5.74) is 0.948. The van der Waals surface area contributed by atoms with Crippen molar-refractivity contribution in [1.82, 2.24) is 15.3 Å². The zero-order valence-electron chi connectivity index (χ0n) is 10.8. The van der Waals surface area contributed by atoms with Gasteiger partial charge in [0.05, 0.1) is 24.6 Å². The second-order valence-electron chi connectivity index (χ2n) is 4.45. The van der Waals surface area contributed by atoms with E-state index in [-0.39, 0.29) is 0 Å².